The smallest absolute Gasteiger partial charge is 0.0459 e. The van der Waals surface area contributed by atoms with Gasteiger partial charge in [0, 0.05) is 13.2 Å². The Morgan fingerprint density at radius 1 is 0.933 bits per heavy atom. The molecule has 0 aromatic heterocycles. The van der Waals surface area contributed by atoms with Gasteiger partial charge in [-0.2, -0.15) is 0 Å². The summed E-state index contributed by atoms with van der Waals surface area (Å²) in [7, 11) is 0. The molecule has 0 aromatic carbocycles. The molecule has 15 heavy (non-hydrogen) atoms. The van der Waals surface area contributed by atoms with E-state index in [1.807, 2.05) is 0 Å². The van der Waals surface area contributed by atoms with Crippen molar-refractivity contribution in [3.8, 4) is 0 Å². The molecule has 0 aromatic rings. The molecule has 0 aliphatic heterocycles. The molecule has 0 fully saturated rings. The van der Waals surface area contributed by atoms with E-state index in [4.69, 9.17) is 5.11 Å². The summed E-state index contributed by atoms with van der Waals surface area (Å²) in [5.41, 5.74) is 0.374. The van der Waals surface area contributed by atoms with Crippen LogP contribution >= 0.6 is 0 Å². The van der Waals surface area contributed by atoms with Gasteiger partial charge in [-0.3, -0.25) is 0 Å². The molecule has 0 radical (unpaired) electrons. The van der Waals surface area contributed by atoms with Crippen LogP contribution in [-0.2, 0) is 0 Å². The Balaban J connectivity index is 3.55. The van der Waals surface area contributed by atoms with Crippen LogP contribution in [0.4, 0.5) is 0 Å². The Labute approximate surface area is 94.7 Å². The molecule has 0 amide bonds. The van der Waals surface area contributed by atoms with E-state index in [1.165, 1.54) is 6.42 Å². The summed E-state index contributed by atoms with van der Waals surface area (Å²) in [6, 6.07) is 0. The van der Waals surface area contributed by atoms with Gasteiger partial charge in [0.1, 0.15) is 0 Å². The van der Waals surface area contributed by atoms with E-state index in [9.17, 15) is 5.11 Å². The zero-order valence-electron chi connectivity index (χ0n) is 10.6. The first kappa shape index (κ1) is 14.9. The zero-order chi connectivity index (χ0) is 11.7. The van der Waals surface area contributed by atoms with Gasteiger partial charge in [-0.05, 0) is 37.0 Å². The van der Waals surface area contributed by atoms with Crippen molar-refractivity contribution >= 4 is 0 Å². The molecule has 0 rings (SSSR count). The van der Waals surface area contributed by atoms with Gasteiger partial charge in [0.15, 0.2) is 0 Å². The lowest BCUT2D eigenvalue weighted by atomic mass is 9.85. The Hall–Kier alpha value is -0.0800. The van der Waals surface area contributed by atoms with Gasteiger partial charge in [-0.1, -0.05) is 33.6 Å². The van der Waals surface area contributed by atoms with Crippen LogP contribution in [0.15, 0.2) is 0 Å². The minimum absolute atomic E-state index is 0.297. The highest BCUT2D eigenvalue weighted by atomic mass is 16.3. The molecule has 0 spiro atoms. The van der Waals surface area contributed by atoms with Gasteiger partial charge < -0.3 is 10.2 Å². The molecule has 0 saturated heterocycles. The quantitative estimate of drug-likeness (QED) is 0.612. The molecule has 2 heteroatoms. The van der Waals surface area contributed by atoms with Crippen molar-refractivity contribution < 1.29 is 10.2 Å². The predicted molar refractivity (Wildman–Crippen MR) is 64.8 cm³/mol. The number of unbranched alkanes of at least 4 members (excludes halogenated alkanes) is 2. The number of rotatable bonds is 8. The third-order valence-corrected chi connectivity index (χ3v) is 2.83. The maximum Gasteiger partial charge on any atom is 0.0459 e. The molecular formula is C13H28O2. The van der Waals surface area contributed by atoms with Crippen molar-refractivity contribution in [3.05, 3.63) is 0 Å². The minimum Gasteiger partial charge on any atom is -0.396 e. The monoisotopic (exact) mass is 216 g/mol. The van der Waals surface area contributed by atoms with Crippen molar-refractivity contribution in [2.45, 2.75) is 59.3 Å². The Kier molecular flexibility index (Phi) is 8.07. The Bertz CT molecular complexity index is 138. The Morgan fingerprint density at radius 2 is 1.60 bits per heavy atom. The first-order valence-electron chi connectivity index (χ1n) is 6.21. The normalized spacial score (nSPS) is 14.2. The highest BCUT2D eigenvalue weighted by molar-refractivity contribution is 4.66. The van der Waals surface area contributed by atoms with E-state index < -0.39 is 0 Å². The zero-order valence-corrected chi connectivity index (χ0v) is 10.6. The molecule has 0 saturated carbocycles. The molecule has 1 atom stereocenters. The minimum atomic E-state index is 0.297. The summed E-state index contributed by atoms with van der Waals surface area (Å²) in [5, 5.41) is 17.9. The van der Waals surface area contributed by atoms with Crippen molar-refractivity contribution in [1.29, 1.82) is 0 Å². The maximum absolute atomic E-state index is 9.23. The number of aliphatic hydroxyl groups excluding tert-OH is 2. The van der Waals surface area contributed by atoms with Crippen molar-refractivity contribution in [3.63, 3.8) is 0 Å². The van der Waals surface area contributed by atoms with Crippen molar-refractivity contribution in [2.75, 3.05) is 13.2 Å². The molecule has 2 nitrogen and oxygen atoms in total. The van der Waals surface area contributed by atoms with Crippen LogP contribution in [0, 0.1) is 11.3 Å². The number of hydrogen-bond acceptors (Lipinski definition) is 2. The van der Waals surface area contributed by atoms with E-state index in [0.717, 1.165) is 32.1 Å². The lowest BCUT2D eigenvalue weighted by molar-refractivity contribution is 0.189. The summed E-state index contributed by atoms with van der Waals surface area (Å²) in [6.07, 6.45) is 6.53. The van der Waals surface area contributed by atoms with Crippen LogP contribution in [0.2, 0.25) is 0 Å². The van der Waals surface area contributed by atoms with E-state index >= 15 is 0 Å². The van der Waals surface area contributed by atoms with E-state index in [0.29, 0.717) is 24.5 Å². The van der Waals surface area contributed by atoms with Crippen LogP contribution in [0.25, 0.3) is 0 Å². The van der Waals surface area contributed by atoms with E-state index in [-0.39, 0.29) is 0 Å². The van der Waals surface area contributed by atoms with Crippen molar-refractivity contribution in [1.82, 2.24) is 0 Å². The van der Waals surface area contributed by atoms with Crippen LogP contribution in [-0.4, -0.2) is 23.4 Å². The van der Waals surface area contributed by atoms with Gasteiger partial charge in [-0.15, -0.1) is 0 Å². The molecule has 0 bridgehead atoms. The standard InChI is InChI=1S/C13H28O2/c1-13(2,3)9-8-12(11-15)7-5-4-6-10-14/h12,14-15H,4-11H2,1-3H3/t12-/m1/s1. The molecular weight excluding hydrogens is 188 g/mol. The van der Waals surface area contributed by atoms with Gasteiger partial charge in [0.2, 0.25) is 0 Å². The largest absolute Gasteiger partial charge is 0.396 e. The first-order valence-corrected chi connectivity index (χ1v) is 6.21. The van der Waals surface area contributed by atoms with Crippen LogP contribution in [0.3, 0.4) is 0 Å². The fourth-order valence-corrected chi connectivity index (χ4v) is 1.69. The van der Waals surface area contributed by atoms with Crippen LogP contribution in [0.1, 0.15) is 59.3 Å². The molecule has 2 N–H and O–H groups in total. The topological polar surface area (TPSA) is 40.5 Å². The van der Waals surface area contributed by atoms with Crippen LogP contribution in [0.5, 0.6) is 0 Å². The van der Waals surface area contributed by atoms with Crippen LogP contribution < -0.4 is 0 Å². The van der Waals surface area contributed by atoms with Gasteiger partial charge in [0.25, 0.3) is 0 Å². The van der Waals surface area contributed by atoms with Gasteiger partial charge in [0.05, 0.1) is 0 Å². The van der Waals surface area contributed by atoms with E-state index in [1.54, 1.807) is 0 Å². The number of hydrogen-bond donors (Lipinski definition) is 2. The van der Waals surface area contributed by atoms with Crippen molar-refractivity contribution in [2.24, 2.45) is 11.3 Å². The Morgan fingerprint density at radius 3 is 2.07 bits per heavy atom. The summed E-state index contributed by atoms with van der Waals surface area (Å²) in [4.78, 5) is 0. The molecule has 0 aliphatic rings. The maximum atomic E-state index is 9.23. The first-order chi connectivity index (χ1) is 6.99. The third kappa shape index (κ3) is 10.2. The second-order valence-corrected chi connectivity index (χ2v) is 5.72. The lowest BCUT2D eigenvalue weighted by Gasteiger charge is -2.21. The third-order valence-electron chi connectivity index (χ3n) is 2.83. The predicted octanol–water partition coefficient (Wildman–Crippen LogP) is 2.97. The van der Waals surface area contributed by atoms with E-state index in [2.05, 4.69) is 20.8 Å². The fraction of sp³-hybridized carbons (Fsp3) is 1.00. The molecule has 0 heterocycles. The summed E-state index contributed by atoms with van der Waals surface area (Å²) in [5.74, 6) is 0.461. The second kappa shape index (κ2) is 8.12. The average molecular weight is 216 g/mol. The van der Waals surface area contributed by atoms with Gasteiger partial charge in [-0.25, -0.2) is 0 Å². The second-order valence-electron chi connectivity index (χ2n) is 5.72. The number of aliphatic hydroxyl groups is 2. The highest BCUT2D eigenvalue weighted by Crippen LogP contribution is 2.25. The summed E-state index contributed by atoms with van der Waals surface area (Å²) in [6.45, 7) is 7.34. The molecule has 0 aliphatic carbocycles. The molecule has 92 valence electrons. The SMILES string of the molecule is CC(C)(C)CC[C@H](CO)CCCCCO. The lowest BCUT2D eigenvalue weighted by Crippen LogP contribution is -2.12. The van der Waals surface area contributed by atoms with Gasteiger partial charge >= 0.3 is 0 Å². The fourth-order valence-electron chi connectivity index (χ4n) is 1.69. The summed E-state index contributed by atoms with van der Waals surface area (Å²) >= 11 is 0. The molecule has 0 unspecified atom stereocenters. The average Bonchev–Trinajstić information content (AvgIpc) is 2.15. The summed E-state index contributed by atoms with van der Waals surface area (Å²) < 4.78 is 0. The highest BCUT2D eigenvalue weighted by Gasteiger charge is 2.14.